The number of fused-ring (bicyclic) bond motifs is 3. The number of rotatable bonds is 5. The minimum atomic E-state index is -4.78. The third-order valence-electron chi connectivity index (χ3n) is 4.76. The standard InChI is InChI=1S/C20H22F3NO/c1-3-11-24(12-4-2)14-9-10-16-15-7-5-6-8-17(15)19(25,18(16)13-14)20(21,22)23/h5-10,13,25H,3-4,11-12H2,1-2H3. The summed E-state index contributed by atoms with van der Waals surface area (Å²) < 4.78 is 41.6. The number of benzene rings is 2. The topological polar surface area (TPSA) is 23.5 Å². The number of alkyl halides is 3. The SMILES string of the molecule is CCCN(CCC)c1ccc2c(c1)C(O)(C(F)(F)F)c1ccccc1-2. The minimum Gasteiger partial charge on any atom is -0.372 e. The van der Waals surface area contributed by atoms with E-state index in [0.29, 0.717) is 11.1 Å². The van der Waals surface area contributed by atoms with E-state index < -0.39 is 11.8 Å². The first-order chi connectivity index (χ1) is 11.8. The van der Waals surface area contributed by atoms with Crippen molar-refractivity contribution in [3.8, 4) is 11.1 Å². The summed E-state index contributed by atoms with van der Waals surface area (Å²) in [6.45, 7) is 5.61. The Hall–Kier alpha value is -2.01. The molecule has 0 saturated heterocycles. The van der Waals surface area contributed by atoms with E-state index in [-0.39, 0.29) is 11.1 Å². The highest BCUT2D eigenvalue weighted by Crippen LogP contribution is 2.55. The second-order valence-electron chi connectivity index (χ2n) is 6.47. The number of hydrogen-bond donors (Lipinski definition) is 1. The van der Waals surface area contributed by atoms with Crippen LogP contribution < -0.4 is 4.90 Å². The molecule has 0 saturated carbocycles. The molecule has 1 aliphatic rings. The third kappa shape index (κ3) is 2.71. The third-order valence-corrected chi connectivity index (χ3v) is 4.76. The Balaban J connectivity index is 2.19. The molecule has 2 aromatic rings. The van der Waals surface area contributed by atoms with Gasteiger partial charge >= 0.3 is 6.18 Å². The first kappa shape index (κ1) is 17.8. The molecule has 2 aromatic carbocycles. The Morgan fingerprint density at radius 1 is 0.920 bits per heavy atom. The summed E-state index contributed by atoms with van der Waals surface area (Å²) in [5.74, 6) is 0. The Morgan fingerprint density at radius 2 is 1.52 bits per heavy atom. The van der Waals surface area contributed by atoms with Gasteiger partial charge in [0.05, 0.1) is 0 Å². The lowest BCUT2D eigenvalue weighted by molar-refractivity contribution is -0.246. The molecule has 1 unspecified atom stereocenters. The minimum absolute atomic E-state index is 0.0732. The molecule has 0 heterocycles. The van der Waals surface area contributed by atoms with Crippen molar-refractivity contribution in [1.29, 1.82) is 0 Å². The van der Waals surface area contributed by atoms with Crippen molar-refractivity contribution < 1.29 is 18.3 Å². The average molecular weight is 349 g/mol. The van der Waals surface area contributed by atoms with Gasteiger partial charge in [0.15, 0.2) is 0 Å². The molecular formula is C20H22F3NO. The van der Waals surface area contributed by atoms with Crippen molar-refractivity contribution in [2.45, 2.75) is 38.5 Å². The molecule has 134 valence electrons. The van der Waals surface area contributed by atoms with Gasteiger partial charge in [0.25, 0.3) is 0 Å². The maximum absolute atomic E-state index is 13.9. The fraction of sp³-hybridized carbons (Fsp3) is 0.400. The molecule has 0 bridgehead atoms. The van der Waals surface area contributed by atoms with Crippen LogP contribution in [-0.2, 0) is 5.60 Å². The molecule has 0 amide bonds. The van der Waals surface area contributed by atoms with E-state index >= 15 is 0 Å². The Labute approximate surface area is 145 Å². The summed E-state index contributed by atoms with van der Waals surface area (Å²) in [5.41, 5.74) is -1.51. The molecule has 1 atom stereocenters. The van der Waals surface area contributed by atoms with E-state index in [1.165, 1.54) is 18.2 Å². The molecule has 5 heteroatoms. The monoisotopic (exact) mass is 349 g/mol. The van der Waals surface area contributed by atoms with Crippen LogP contribution in [0.3, 0.4) is 0 Å². The first-order valence-corrected chi connectivity index (χ1v) is 8.63. The summed E-state index contributed by atoms with van der Waals surface area (Å²) in [6, 6.07) is 11.3. The molecule has 2 nitrogen and oxygen atoms in total. The largest absolute Gasteiger partial charge is 0.425 e. The van der Waals surface area contributed by atoms with Crippen molar-refractivity contribution in [3.05, 3.63) is 53.6 Å². The number of halogens is 3. The molecule has 0 radical (unpaired) electrons. The van der Waals surface area contributed by atoms with Gasteiger partial charge in [-0.3, -0.25) is 0 Å². The number of hydrogen-bond acceptors (Lipinski definition) is 2. The molecule has 0 fully saturated rings. The summed E-state index contributed by atoms with van der Waals surface area (Å²) in [5, 5.41) is 10.8. The van der Waals surface area contributed by atoms with E-state index in [9.17, 15) is 18.3 Å². The first-order valence-electron chi connectivity index (χ1n) is 8.63. The maximum atomic E-state index is 13.9. The van der Waals surface area contributed by atoms with Crippen LogP contribution in [-0.4, -0.2) is 24.4 Å². The van der Waals surface area contributed by atoms with E-state index in [2.05, 4.69) is 4.90 Å². The fourth-order valence-electron chi connectivity index (χ4n) is 3.66. The summed E-state index contributed by atoms with van der Waals surface area (Å²) in [7, 11) is 0. The van der Waals surface area contributed by atoms with Gasteiger partial charge in [-0.25, -0.2) is 0 Å². The van der Waals surface area contributed by atoms with Crippen LogP contribution >= 0.6 is 0 Å². The van der Waals surface area contributed by atoms with Crippen LogP contribution in [0.1, 0.15) is 37.8 Å². The number of nitrogens with zero attached hydrogens (tertiary/aromatic N) is 1. The molecule has 1 N–H and O–H groups in total. The van der Waals surface area contributed by atoms with Gasteiger partial charge in [-0.05, 0) is 36.1 Å². The van der Waals surface area contributed by atoms with Crippen LogP contribution in [0.2, 0.25) is 0 Å². The van der Waals surface area contributed by atoms with Gasteiger partial charge in [0.1, 0.15) is 0 Å². The zero-order valence-corrected chi connectivity index (χ0v) is 14.4. The molecule has 1 aliphatic carbocycles. The Morgan fingerprint density at radius 3 is 2.12 bits per heavy atom. The summed E-state index contributed by atoms with van der Waals surface area (Å²) in [4.78, 5) is 2.07. The smallest absolute Gasteiger partial charge is 0.372 e. The lowest BCUT2D eigenvalue weighted by Crippen LogP contribution is -2.41. The lowest BCUT2D eigenvalue weighted by Gasteiger charge is -2.30. The van der Waals surface area contributed by atoms with Gasteiger partial charge in [-0.2, -0.15) is 13.2 Å². The Kier molecular flexibility index (Phi) is 4.54. The van der Waals surface area contributed by atoms with Crippen molar-refractivity contribution in [3.63, 3.8) is 0 Å². The van der Waals surface area contributed by atoms with Crippen LogP contribution in [0.15, 0.2) is 42.5 Å². The number of aliphatic hydroxyl groups is 1. The van der Waals surface area contributed by atoms with E-state index in [1.807, 2.05) is 19.9 Å². The zero-order valence-electron chi connectivity index (χ0n) is 14.4. The Bertz CT molecular complexity index is 766. The molecule has 3 rings (SSSR count). The normalized spacial score (nSPS) is 18.8. The molecule has 0 aliphatic heterocycles. The predicted molar refractivity (Wildman–Crippen MR) is 93.7 cm³/mol. The van der Waals surface area contributed by atoms with Gasteiger partial charge in [-0.15, -0.1) is 0 Å². The van der Waals surface area contributed by atoms with Crippen molar-refractivity contribution in [2.75, 3.05) is 18.0 Å². The van der Waals surface area contributed by atoms with Gasteiger partial charge in [0, 0.05) is 29.9 Å². The second-order valence-corrected chi connectivity index (χ2v) is 6.47. The van der Waals surface area contributed by atoms with Gasteiger partial charge in [0.2, 0.25) is 5.60 Å². The van der Waals surface area contributed by atoms with E-state index in [0.717, 1.165) is 31.6 Å². The van der Waals surface area contributed by atoms with Crippen molar-refractivity contribution in [2.24, 2.45) is 0 Å². The average Bonchev–Trinajstić information content (AvgIpc) is 2.85. The predicted octanol–water partition coefficient (Wildman–Crippen LogP) is 5.09. The van der Waals surface area contributed by atoms with Crippen LogP contribution in [0.25, 0.3) is 11.1 Å². The highest BCUT2D eigenvalue weighted by Gasteiger charge is 2.60. The number of anilines is 1. The highest BCUT2D eigenvalue weighted by molar-refractivity contribution is 5.82. The maximum Gasteiger partial charge on any atom is 0.425 e. The van der Waals surface area contributed by atoms with Gasteiger partial charge < -0.3 is 10.0 Å². The lowest BCUT2D eigenvalue weighted by atomic mass is 9.90. The van der Waals surface area contributed by atoms with Crippen LogP contribution in [0, 0.1) is 0 Å². The molecular weight excluding hydrogens is 327 g/mol. The highest BCUT2D eigenvalue weighted by atomic mass is 19.4. The quantitative estimate of drug-likeness (QED) is 0.812. The van der Waals surface area contributed by atoms with Crippen LogP contribution in [0.4, 0.5) is 18.9 Å². The molecule has 0 spiro atoms. The summed E-state index contributed by atoms with van der Waals surface area (Å²) >= 11 is 0. The molecule has 0 aromatic heterocycles. The van der Waals surface area contributed by atoms with Gasteiger partial charge in [-0.1, -0.05) is 44.2 Å². The molecule has 25 heavy (non-hydrogen) atoms. The fourth-order valence-corrected chi connectivity index (χ4v) is 3.66. The second kappa shape index (κ2) is 6.37. The van der Waals surface area contributed by atoms with Crippen LogP contribution in [0.5, 0.6) is 0 Å². The van der Waals surface area contributed by atoms with Crippen molar-refractivity contribution >= 4 is 5.69 Å². The summed E-state index contributed by atoms with van der Waals surface area (Å²) in [6.07, 6.45) is -2.98. The van der Waals surface area contributed by atoms with Crippen molar-refractivity contribution in [1.82, 2.24) is 0 Å². The zero-order chi connectivity index (χ0) is 18.2. The van der Waals surface area contributed by atoms with E-state index in [4.69, 9.17) is 0 Å². The van der Waals surface area contributed by atoms with E-state index in [1.54, 1.807) is 18.2 Å².